The second-order valence-electron chi connectivity index (χ2n) is 4.63. The number of anilines is 1. The van der Waals surface area contributed by atoms with Crippen molar-refractivity contribution in [3.63, 3.8) is 0 Å². The minimum absolute atomic E-state index is 0.780. The molecular weight excluding hydrogens is 256 g/mol. The summed E-state index contributed by atoms with van der Waals surface area (Å²) in [5.74, 6) is 0. The van der Waals surface area contributed by atoms with Gasteiger partial charge < -0.3 is 4.90 Å². The van der Waals surface area contributed by atoms with Crippen LogP contribution in [0.3, 0.4) is 0 Å². The summed E-state index contributed by atoms with van der Waals surface area (Å²) < 4.78 is 0. The van der Waals surface area contributed by atoms with Crippen LogP contribution in [0.15, 0.2) is 84.9 Å². The summed E-state index contributed by atoms with van der Waals surface area (Å²) in [7, 11) is 0. The third-order valence-electron chi connectivity index (χ3n) is 3.09. The van der Waals surface area contributed by atoms with Crippen LogP contribution in [0.1, 0.15) is 5.56 Å². The molecule has 0 spiro atoms. The zero-order valence-corrected chi connectivity index (χ0v) is 12.2. The Balaban J connectivity index is 2.29. The first-order valence-electron chi connectivity index (χ1n) is 7.00. The number of para-hydroxylation sites is 2. The summed E-state index contributed by atoms with van der Waals surface area (Å²) in [5.41, 5.74) is 3.17. The van der Waals surface area contributed by atoms with E-state index in [0.717, 1.165) is 30.0 Å². The Morgan fingerprint density at radius 2 is 1.48 bits per heavy atom. The summed E-state index contributed by atoms with van der Waals surface area (Å²) in [6, 6.07) is 18.2. The lowest BCUT2D eigenvalue weighted by atomic mass is 10.1. The molecule has 0 bridgehead atoms. The molecule has 2 rings (SSSR count). The van der Waals surface area contributed by atoms with Crippen molar-refractivity contribution in [1.82, 2.24) is 0 Å². The van der Waals surface area contributed by atoms with Crippen molar-refractivity contribution in [2.75, 3.05) is 18.0 Å². The van der Waals surface area contributed by atoms with Gasteiger partial charge in [0.2, 0.25) is 0 Å². The van der Waals surface area contributed by atoms with Crippen LogP contribution in [0.2, 0.25) is 0 Å². The molecular formula is C19H20N2. The maximum atomic E-state index is 4.54. The molecule has 0 heterocycles. The Morgan fingerprint density at radius 3 is 2.14 bits per heavy atom. The Kier molecular flexibility index (Phi) is 5.53. The number of aliphatic imine (C=N–C) groups is 1. The highest BCUT2D eigenvalue weighted by Crippen LogP contribution is 2.20. The zero-order chi connectivity index (χ0) is 14.9. The highest BCUT2D eigenvalue weighted by atomic mass is 15.1. The molecule has 21 heavy (non-hydrogen) atoms. The van der Waals surface area contributed by atoms with Crippen molar-refractivity contribution < 1.29 is 0 Å². The van der Waals surface area contributed by atoms with Gasteiger partial charge in [-0.2, -0.15) is 0 Å². The van der Waals surface area contributed by atoms with E-state index in [-0.39, 0.29) is 0 Å². The number of nitrogens with zero attached hydrogens (tertiary/aromatic N) is 2. The van der Waals surface area contributed by atoms with E-state index in [1.807, 2.05) is 60.8 Å². The SMILES string of the molecule is C=CCN(CC=C)c1ccccc1C=Nc1ccccc1. The molecule has 2 heteroatoms. The summed E-state index contributed by atoms with van der Waals surface area (Å²) in [6.45, 7) is 9.20. The molecule has 0 atom stereocenters. The summed E-state index contributed by atoms with van der Waals surface area (Å²) in [4.78, 5) is 6.75. The molecule has 2 aromatic carbocycles. The van der Waals surface area contributed by atoms with Crippen LogP contribution < -0.4 is 4.90 Å². The van der Waals surface area contributed by atoms with Crippen molar-refractivity contribution in [2.45, 2.75) is 0 Å². The molecule has 0 aromatic heterocycles. The van der Waals surface area contributed by atoms with Crippen molar-refractivity contribution in [2.24, 2.45) is 4.99 Å². The second-order valence-corrected chi connectivity index (χ2v) is 4.63. The summed E-state index contributed by atoms with van der Waals surface area (Å²) in [6.07, 6.45) is 5.70. The first kappa shape index (κ1) is 14.8. The van der Waals surface area contributed by atoms with Crippen molar-refractivity contribution >= 4 is 17.6 Å². The molecule has 0 saturated heterocycles. The Hall–Kier alpha value is -2.61. The number of benzene rings is 2. The van der Waals surface area contributed by atoms with Crippen molar-refractivity contribution in [3.05, 3.63) is 85.5 Å². The minimum atomic E-state index is 0.780. The van der Waals surface area contributed by atoms with E-state index in [9.17, 15) is 0 Å². The van der Waals surface area contributed by atoms with Crippen LogP contribution >= 0.6 is 0 Å². The smallest absolute Gasteiger partial charge is 0.0629 e. The van der Waals surface area contributed by atoms with E-state index in [4.69, 9.17) is 0 Å². The van der Waals surface area contributed by atoms with E-state index >= 15 is 0 Å². The molecule has 0 radical (unpaired) electrons. The lowest BCUT2D eigenvalue weighted by Gasteiger charge is -2.23. The highest BCUT2D eigenvalue weighted by molar-refractivity contribution is 5.89. The molecule has 106 valence electrons. The third-order valence-corrected chi connectivity index (χ3v) is 3.09. The van der Waals surface area contributed by atoms with Gasteiger partial charge in [-0.1, -0.05) is 48.6 Å². The topological polar surface area (TPSA) is 15.6 Å². The maximum absolute atomic E-state index is 4.54. The molecule has 2 aromatic rings. The van der Waals surface area contributed by atoms with Gasteiger partial charge in [0.1, 0.15) is 0 Å². The Bertz CT molecular complexity index is 604. The van der Waals surface area contributed by atoms with Gasteiger partial charge in [-0.3, -0.25) is 4.99 Å². The third kappa shape index (κ3) is 4.18. The fourth-order valence-electron chi connectivity index (χ4n) is 2.13. The number of hydrogen-bond acceptors (Lipinski definition) is 2. The predicted octanol–water partition coefficient (Wildman–Crippen LogP) is 4.62. The first-order valence-corrected chi connectivity index (χ1v) is 7.00. The van der Waals surface area contributed by atoms with Crippen LogP contribution in [-0.4, -0.2) is 19.3 Å². The summed E-state index contributed by atoms with van der Waals surface area (Å²) in [5, 5.41) is 0. The zero-order valence-electron chi connectivity index (χ0n) is 12.2. The van der Waals surface area contributed by atoms with Crippen LogP contribution in [-0.2, 0) is 0 Å². The molecule has 0 aliphatic carbocycles. The van der Waals surface area contributed by atoms with Crippen molar-refractivity contribution in [1.29, 1.82) is 0 Å². The van der Waals surface area contributed by atoms with Gasteiger partial charge in [-0.05, 0) is 18.2 Å². The summed E-state index contributed by atoms with van der Waals surface area (Å²) >= 11 is 0. The largest absolute Gasteiger partial charge is 0.364 e. The standard InChI is InChI=1S/C19H20N2/c1-3-14-21(15-4-2)19-13-9-8-10-17(19)16-20-18-11-6-5-7-12-18/h3-13,16H,1-2,14-15H2. The van der Waals surface area contributed by atoms with E-state index in [2.05, 4.69) is 35.2 Å². The molecule has 0 aliphatic rings. The quantitative estimate of drug-likeness (QED) is 0.532. The number of hydrogen-bond donors (Lipinski definition) is 0. The van der Waals surface area contributed by atoms with E-state index in [1.165, 1.54) is 0 Å². The van der Waals surface area contributed by atoms with Gasteiger partial charge in [-0.25, -0.2) is 0 Å². The molecule has 2 nitrogen and oxygen atoms in total. The van der Waals surface area contributed by atoms with Gasteiger partial charge in [0.25, 0.3) is 0 Å². The van der Waals surface area contributed by atoms with Gasteiger partial charge in [0, 0.05) is 30.6 Å². The van der Waals surface area contributed by atoms with Gasteiger partial charge in [-0.15, -0.1) is 13.2 Å². The molecule has 0 fully saturated rings. The normalized spacial score (nSPS) is 10.5. The monoisotopic (exact) mass is 276 g/mol. The molecule has 0 N–H and O–H groups in total. The fraction of sp³-hybridized carbons (Fsp3) is 0.105. The van der Waals surface area contributed by atoms with E-state index in [1.54, 1.807) is 0 Å². The average Bonchev–Trinajstić information content (AvgIpc) is 2.54. The molecule has 0 aliphatic heterocycles. The Labute approximate surface area is 126 Å². The van der Waals surface area contributed by atoms with Gasteiger partial charge in [0.05, 0.1) is 5.69 Å². The van der Waals surface area contributed by atoms with E-state index < -0.39 is 0 Å². The average molecular weight is 276 g/mol. The first-order chi connectivity index (χ1) is 10.3. The second kappa shape index (κ2) is 7.85. The Morgan fingerprint density at radius 1 is 0.857 bits per heavy atom. The number of rotatable bonds is 7. The van der Waals surface area contributed by atoms with Crippen LogP contribution in [0, 0.1) is 0 Å². The van der Waals surface area contributed by atoms with Crippen LogP contribution in [0.5, 0.6) is 0 Å². The fourth-order valence-corrected chi connectivity index (χ4v) is 2.13. The maximum Gasteiger partial charge on any atom is 0.0629 e. The predicted molar refractivity (Wildman–Crippen MR) is 92.7 cm³/mol. The molecule has 0 saturated carbocycles. The van der Waals surface area contributed by atoms with Crippen LogP contribution in [0.25, 0.3) is 0 Å². The van der Waals surface area contributed by atoms with Gasteiger partial charge in [0.15, 0.2) is 0 Å². The lowest BCUT2D eigenvalue weighted by Crippen LogP contribution is -2.24. The van der Waals surface area contributed by atoms with Crippen LogP contribution in [0.4, 0.5) is 11.4 Å². The lowest BCUT2D eigenvalue weighted by molar-refractivity contribution is 0.955. The minimum Gasteiger partial charge on any atom is -0.364 e. The van der Waals surface area contributed by atoms with Crippen molar-refractivity contribution in [3.8, 4) is 0 Å². The van der Waals surface area contributed by atoms with E-state index in [0.29, 0.717) is 0 Å². The highest BCUT2D eigenvalue weighted by Gasteiger charge is 2.06. The molecule has 0 amide bonds. The molecule has 0 unspecified atom stereocenters. The van der Waals surface area contributed by atoms with Gasteiger partial charge >= 0.3 is 0 Å².